The summed E-state index contributed by atoms with van der Waals surface area (Å²) in [6.07, 6.45) is 4.97. The Hall–Kier alpha value is -0.612. The molecule has 0 amide bonds. The first kappa shape index (κ1) is 16.4. The maximum absolute atomic E-state index is 2.20. The summed E-state index contributed by atoms with van der Waals surface area (Å²) in [6, 6.07) is 17.0. The Morgan fingerprint density at radius 2 is 0.941 bits per heavy atom. The van der Waals surface area contributed by atoms with Gasteiger partial charge in [0.1, 0.15) is 0 Å². The van der Waals surface area contributed by atoms with Crippen molar-refractivity contribution in [1.82, 2.24) is 0 Å². The van der Waals surface area contributed by atoms with Crippen LogP contribution in [-0.4, -0.2) is 0 Å². The normalized spacial score (nSPS) is 9.06. The van der Waals surface area contributed by atoms with E-state index in [0.29, 0.717) is 0 Å². The zero-order chi connectivity index (χ0) is 11.6. The summed E-state index contributed by atoms with van der Waals surface area (Å²) in [5.74, 6) is 0. The molecule has 2 rings (SSSR count). The minimum absolute atomic E-state index is 0. The molecule has 1 heteroatoms. The van der Waals surface area contributed by atoms with E-state index in [-0.39, 0.29) is 21.1 Å². The Kier molecular flexibility index (Phi) is 10.2. The molecule has 2 aromatic carbocycles. The molecule has 0 radical (unpaired) electrons. The van der Waals surface area contributed by atoms with E-state index in [1.165, 1.54) is 36.8 Å². The van der Waals surface area contributed by atoms with E-state index in [0.717, 1.165) is 0 Å². The maximum atomic E-state index is 2.20. The second-order valence-electron chi connectivity index (χ2n) is 4.09. The van der Waals surface area contributed by atoms with Crippen LogP contribution in [0.15, 0.2) is 48.5 Å². The van der Waals surface area contributed by atoms with Crippen LogP contribution in [0.4, 0.5) is 0 Å². The number of rotatable bonds is 4. The van der Waals surface area contributed by atoms with Gasteiger partial charge in [0, 0.05) is 0 Å². The van der Waals surface area contributed by atoms with Crippen LogP contribution in [0.5, 0.6) is 0 Å². The molecule has 0 saturated carbocycles. The molecule has 0 spiro atoms. The van der Waals surface area contributed by atoms with Gasteiger partial charge in [-0.25, -0.2) is 24.3 Å². The van der Waals surface area contributed by atoms with E-state index in [1.54, 1.807) is 0 Å². The van der Waals surface area contributed by atoms with Gasteiger partial charge in [-0.15, -0.1) is 0 Å². The molecular weight excluding hydrogens is 376 g/mol. The fraction of sp³-hybridized carbons (Fsp3) is 0.375. The average Bonchev–Trinajstić information content (AvgIpc) is 2.92. The first-order valence-electron chi connectivity index (χ1n) is 6.28. The Bertz CT molecular complexity index is 293. The molecule has 2 aromatic rings. The monoisotopic (exact) mass is 400 g/mol. The molecule has 0 aliphatic rings. The molecule has 0 fully saturated rings. The van der Waals surface area contributed by atoms with Crippen LogP contribution >= 0.6 is 0 Å². The summed E-state index contributed by atoms with van der Waals surface area (Å²) in [4.78, 5) is 0. The molecule has 0 aliphatic carbocycles. The third kappa shape index (κ3) is 7.34. The summed E-state index contributed by atoms with van der Waals surface area (Å²) in [7, 11) is 0. The van der Waals surface area contributed by atoms with Gasteiger partial charge in [-0.1, -0.05) is 39.5 Å². The zero-order valence-corrected chi connectivity index (χ0v) is 14.5. The first-order valence-corrected chi connectivity index (χ1v) is 6.28. The molecule has 0 N–H and O–H groups in total. The van der Waals surface area contributed by atoms with Crippen molar-refractivity contribution >= 4 is 0 Å². The van der Waals surface area contributed by atoms with Crippen LogP contribution in [-0.2, 0) is 33.9 Å². The van der Waals surface area contributed by atoms with Gasteiger partial charge in [-0.3, -0.25) is 0 Å². The molecule has 0 heterocycles. The Balaban J connectivity index is 0.000000284. The van der Waals surface area contributed by atoms with E-state index < -0.39 is 0 Å². The third-order valence-corrected chi connectivity index (χ3v) is 2.54. The molecule has 0 aromatic heterocycles. The predicted octanol–water partition coefficient (Wildman–Crippen LogP) is 4.18. The predicted molar refractivity (Wildman–Crippen MR) is 74.9 cm³/mol. The van der Waals surface area contributed by atoms with Crippen LogP contribution in [0, 0.1) is 0 Å². The van der Waals surface area contributed by atoms with E-state index in [9.17, 15) is 0 Å². The van der Waals surface area contributed by atoms with Gasteiger partial charge in [-0.05, 0) is 0 Å². The summed E-state index contributed by atoms with van der Waals surface area (Å²) in [6.45, 7) is 4.40. The second kappa shape index (κ2) is 10.5. The topological polar surface area (TPSA) is 0 Å². The van der Waals surface area contributed by atoms with Crippen molar-refractivity contribution in [2.45, 2.75) is 39.5 Å². The first-order chi connectivity index (χ1) is 7.86. The second-order valence-corrected chi connectivity index (χ2v) is 4.09. The van der Waals surface area contributed by atoms with Crippen molar-refractivity contribution in [1.29, 1.82) is 0 Å². The standard InChI is InChI=1S/2C8H11.W.2H/c2*1-2-5-8-6-3-4-7-8;;;/h2*3-4,6-7H,2,5H2,1H3;;;/q2*-1;;;. The number of aryl methyl sites for hydroxylation is 2. The number of hydrogen-bond donors (Lipinski definition) is 0. The Morgan fingerprint density at radius 3 is 1.18 bits per heavy atom. The fourth-order valence-corrected chi connectivity index (χ4v) is 1.74. The van der Waals surface area contributed by atoms with Crippen LogP contribution in [0.25, 0.3) is 0 Å². The molecule has 96 valence electrons. The van der Waals surface area contributed by atoms with Gasteiger partial charge in [0.2, 0.25) is 0 Å². The van der Waals surface area contributed by atoms with Crippen molar-refractivity contribution in [3.63, 3.8) is 0 Å². The Labute approximate surface area is 120 Å². The van der Waals surface area contributed by atoms with E-state index in [4.69, 9.17) is 0 Å². The summed E-state index contributed by atoms with van der Waals surface area (Å²) < 4.78 is 0. The molecule has 0 nitrogen and oxygen atoms in total. The molecule has 0 atom stereocenters. The summed E-state index contributed by atoms with van der Waals surface area (Å²) in [5.41, 5.74) is 2.93. The van der Waals surface area contributed by atoms with Gasteiger partial charge < -0.3 is 0 Å². The molecule has 0 unspecified atom stereocenters. The molecule has 0 bridgehead atoms. The van der Waals surface area contributed by atoms with Crippen LogP contribution < -0.4 is 0 Å². The van der Waals surface area contributed by atoms with Gasteiger partial charge in [-0.2, -0.15) is 35.4 Å². The van der Waals surface area contributed by atoms with Crippen molar-refractivity contribution < 1.29 is 21.1 Å². The van der Waals surface area contributed by atoms with Gasteiger partial charge >= 0.3 is 21.1 Å². The molecular formula is C16H24W-2. The third-order valence-electron chi connectivity index (χ3n) is 2.54. The van der Waals surface area contributed by atoms with Gasteiger partial charge in [0.05, 0.1) is 0 Å². The van der Waals surface area contributed by atoms with Crippen LogP contribution in [0.2, 0.25) is 0 Å². The van der Waals surface area contributed by atoms with Crippen molar-refractivity contribution in [3.05, 3.63) is 59.7 Å². The van der Waals surface area contributed by atoms with E-state index >= 15 is 0 Å². The zero-order valence-electron chi connectivity index (χ0n) is 10.9. The molecule has 17 heavy (non-hydrogen) atoms. The SMILES string of the molecule is CCC[c-]1cccc1.CCC[c-]1cccc1.[WH2]. The average molecular weight is 400 g/mol. The Morgan fingerprint density at radius 1 is 0.647 bits per heavy atom. The molecule has 0 saturated heterocycles. The molecule has 0 aliphatic heterocycles. The van der Waals surface area contributed by atoms with E-state index in [2.05, 4.69) is 62.4 Å². The van der Waals surface area contributed by atoms with Crippen molar-refractivity contribution in [2.24, 2.45) is 0 Å². The van der Waals surface area contributed by atoms with Gasteiger partial charge in [0.25, 0.3) is 0 Å². The summed E-state index contributed by atoms with van der Waals surface area (Å²) in [5, 5.41) is 0. The van der Waals surface area contributed by atoms with E-state index in [1.807, 2.05) is 0 Å². The number of hydrogen-bond acceptors (Lipinski definition) is 0. The van der Waals surface area contributed by atoms with Gasteiger partial charge in [0.15, 0.2) is 0 Å². The minimum atomic E-state index is 0. The van der Waals surface area contributed by atoms with Crippen LogP contribution in [0.3, 0.4) is 0 Å². The quantitative estimate of drug-likeness (QED) is 0.676. The van der Waals surface area contributed by atoms with Crippen LogP contribution in [0.1, 0.15) is 37.8 Å². The fourth-order valence-electron chi connectivity index (χ4n) is 1.74. The van der Waals surface area contributed by atoms with Crippen molar-refractivity contribution in [3.8, 4) is 0 Å². The summed E-state index contributed by atoms with van der Waals surface area (Å²) >= 11 is 0. The van der Waals surface area contributed by atoms with Crippen molar-refractivity contribution in [2.75, 3.05) is 0 Å².